The molecule has 0 atom stereocenters. The molecule has 0 aliphatic heterocycles. The van der Waals surface area contributed by atoms with Crippen LogP contribution in [0.5, 0.6) is 0 Å². The second-order valence-electron chi connectivity index (χ2n) is 7.33. The lowest BCUT2D eigenvalue weighted by Crippen LogP contribution is -2.04. The van der Waals surface area contributed by atoms with Crippen molar-refractivity contribution in [3.05, 3.63) is 59.4 Å². The monoisotopic (exact) mass is 404 g/mol. The number of carbonyl (C=O) groups is 1. The number of anilines is 2. The summed E-state index contributed by atoms with van der Waals surface area (Å²) in [6.45, 7) is 7.86. The number of hydrogen-bond acceptors (Lipinski definition) is 6. The largest absolute Gasteiger partial charge is 0.326 e. The summed E-state index contributed by atoms with van der Waals surface area (Å²) in [5.41, 5.74) is 3.69. The van der Waals surface area contributed by atoms with Gasteiger partial charge in [0.15, 0.2) is 12.1 Å². The summed E-state index contributed by atoms with van der Waals surface area (Å²) in [6, 6.07) is 9.10. The van der Waals surface area contributed by atoms with E-state index < -0.39 is 5.82 Å². The van der Waals surface area contributed by atoms with E-state index in [0.29, 0.717) is 22.6 Å². The van der Waals surface area contributed by atoms with Crippen LogP contribution in [0.1, 0.15) is 41.8 Å². The third kappa shape index (κ3) is 3.52. The summed E-state index contributed by atoms with van der Waals surface area (Å²) in [5.74, 6) is 1.07. The third-order valence-corrected chi connectivity index (χ3v) is 4.89. The summed E-state index contributed by atoms with van der Waals surface area (Å²) in [4.78, 5) is 28.2. The molecule has 1 aromatic carbocycles. The minimum absolute atomic E-state index is 0.185. The van der Waals surface area contributed by atoms with Crippen LogP contribution in [-0.4, -0.2) is 30.8 Å². The highest BCUT2D eigenvalue weighted by molar-refractivity contribution is 5.82. The first kappa shape index (κ1) is 19.6. The van der Waals surface area contributed by atoms with Gasteiger partial charge in [-0.15, -0.1) is 0 Å². The normalized spacial score (nSPS) is 11.3. The molecule has 0 aliphatic rings. The van der Waals surface area contributed by atoms with Crippen LogP contribution in [0.4, 0.5) is 16.2 Å². The lowest BCUT2D eigenvalue weighted by atomic mass is 10.1. The maximum Gasteiger partial charge on any atom is 0.229 e. The summed E-state index contributed by atoms with van der Waals surface area (Å²) in [5, 5.41) is 2.97. The van der Waals surface area contributed by atoms with E-state index in [1.807, 2.05) is 19.1 Å². The molecule has 3 aromatic heterocycles. The average Bonchev–Trinajstić information content (AvgIpc) is 3.04. The number of imidazole rings is 1. The molecule has 4 rings (SSSR count). The van der Waals surface area contributed by atoms with Gasteiger partial charge in [-0.2, -0.15) is 0 Å². The van der Waals surface area contributed by atoms with Gasteiger partial charge in [0.25, 0.3) is 0 Å². The van der Waals surface area contributed by atoms with Gasteiger partial charge in [0, 0.05) is 17.2 Å². The molecule has 0 spiro atoms. The number of nitrogens with one attached hydrogen (secondary N) is 1. The Labute approximate surface area is 173 Å². The van der Waals surface area contributed by atoms with E-state index in [-0.39, 0.29) is 17.7 Å². The van der Waals surface area contributed by atoms with Crippen molar-refractivity contribution in [3.8, 4) is 11.3 Å². The Hall–Kier alpha value is -3.68. The molecule has 0 aliphatic carbocycles. The van der Waals surface area contributed by atoms with Crippen LogP contribution < -0.4 is 5.32 Å². The van der Waals surface area contributed by atoms with E-state index in [1.54, 1.807) is 25.1 Å². The zero-order chi connectivity index (χ0) is 21.4. The van der Waals surface area contributed by atoms with Crippen LogP contribution in [0.25, 0.3) is 22.3 Å². The Balaban J connectivity index is 1.74. The van der Waals surface area contributed by atoms with Crippen molar-refractivity contribution in [1.29, 1.82) is 0 Å². The Bertz CT molecular complexity index is 1260. The number of aromatic nitrogens is 5. The number of nitrogens with zero attached hydrogens (tertiary/aromatic N) is 5. The Morgan fingerprint density at radius 1 is 1.10 bits per heavy atom. The van der Waals surface area contributed by atoms with Crippen molar-refractivity contribution < 1.29 is 9.18 Å². The molecule has 0 amide bonds. The van der Waals surface area contributed by atoms with Crippen molar-refractivity contribution in [3.63, 3.8) is 0 Å². The number of hydrogen-bond donors (Lipinski definition) is 1. The Kier molecular flexibility index (Phi) is 4.99. The molecule has 0 radical (unpaired) electrons. The zero-order valence-corrected chi connectivity index (χ0v) is 17.1. The first-order chi connectivity index (χ1) is 14.4. The number of aldehydes is 1. The van der Waals surface area contributed by atoms with E-state index >= 15 is 0 Å². The Morgan fingerprint density at radius 2 is 1.90 bits per heavy atom. The maximum absolute atomic E-state index is 14.6. The number of fused-ring (bicyclic) bond motifs is 1. The van der Waals surface area contributed by atoms with Gasteiger partial charge < -0.3 is 9.88 Å². The number of carbonyl (C=O) groups excluding carboxylic acids is 1. The summed E-state index contributed by atoms with van der Waals surface area (Å²) in [7, 11) is 0. The lowest BCUT2D eigenvalue weighted by Gasteiger charge is -2.12. The molecule has 3 heterocycles. The predicted octanol–water partition coefficient (Wildman–Crippen LogP) is 4.78. The quantitative estimate of drug-likeness (QED) is 0.482. The number of benzene rings is 1. The highest BCUT2D eigenvalue weighted by atomic mass is 19.1. The molecule has 0 saturated carbocycles. The van der Waals surface area contributed by atoms with E-state index in [1.165, 1.54) is 0 Å². The average molecular weight is 404 g/mol. The first-order valence-corrected chi connectivity index (χ1v) is 9.58. The SMILES string of the molecule is Cc1nc(Nc2ncc(F)c(-c3ccc4nc(C)n(C(C)C)c4c3)n2)ccc1C=O. The minimum Gasteiger partial charge on any atom is -0.326 e. The zero-order valence-electron chi connectivity index (χ0n) is 17.1. The molecule has 0 bridgehead atoms. The third-order valence-electron chi connectivity index (χ3n) is 4.89. The highest BCUT2D eigenvalue weighted by Crippen LogP contribution is 2.28. The van der Waals surface area contributed by atoms with Crippen LogP contribution in [0.3, 0.4) is 0 Å². The van der Waals surface area contributed by atoms with Gasteiger partial charge in [-0.05, 0) is 52.0 Å². The van der Waals surface area contributed by atoms with Gasteiger partial charge in [0.1, 0.15) is 17.3 Å². The van der Waals surface area contributed by atoms with E-state index in [9.17, 15) is 9.18 Å². The lowest BCUT2D eigenvalue weighted by molar-refractivity contribution is 0.112. The van der Waals surface area contributed by atoms with Crippen molar-refractivity contribution in [1.82, 2.24) is 24.5 Å². The minimum atomic E-state index is -0.521. The van der Waals surface area contributed by atoms with Crippen molar-refractivity contribution in [2.45, 2.75) is 33.7 Å². The topological polar surface area (TPSA) is 85.6 Å². The predicted molar refractivity (Wildman–Crippen MR) is 113 cm³/mol. The molecule has 7 nitrogen and oxygen atoms in total. The number of aryl methyl sites for hydroxylation is 2. The fraction of sp³-hybridized carbons (Fsp3) is 0.227. The summed E-state index contributed by atoms with van der Waals surface area (Å²) < 4.78 is 16.7. The standard InChI is InChI=1S/C22H21FN6O/c1-12(2)29-14(4)26-18-7-5-15(9-19(18)29)21-17(23)10-24-22(28-21)27-20-8-6-16(11-30)13(3)25-20/h5-12H,1-4H3,(H,24,25,27,28). The molecule has 1 N–H and O–H groups in total. The van der Waals surface area contributed by atoms with Crippen LogP contribution in [-0.2, 0) is 0 Å². The molecule has 4 aromatic rings. The fourth-order valence-corrected chi connectivity index (χ4v) is 3.52. The second-order valence-corrected chi connectivity index (χ2v) is 7.33. The number of rotatable bonds is 5. The van der Waals surface area contributed by atoms with E-state index in [0.717, 1.165) is 29.3 Å². The van der Waals surface area contributed by atoms with Gasteiger partial charge in [-0.1, -0.05) is 6.07 Å². The second kappa shape index (κ2) is 7.62. The summed E-state index contributed by atoms with van der Waals surface area (Å²) >= 11 is 0. The Morgan fingerprint density at radius 3 is 2.60 bits per heavy atom. The van der Waals surface area contributed by atoms with Crippen molar-refractivity contribution in [2.75, 3.05) is 5.32 Å². The van der Waals surface area contributed by atoms with Crippen molar-refractivity contribution in [2.24, 2.45) is 0 Å². The van der Waals surface area contributed by atoms with Crippen LogP contribution in [0, 0.1) is 19.7 Å². The van der Waals surface area contributed by atoms with Gasteiger partial charge in [0.2, 0.25) is 5.95 Å². The number of pyridine rings is 1. The van der Waals surface area contributed by atoms with E-state index in [2.05, 4.69) is 43.7 Å². The summed E-state index contributed by atoms with van der Waals surface area (Å²) in [6.07, 6.45) is 1.88. The highest BCUT2D eigenvalue weighted by Gasteiger charge is 2.15. The van der Waals surface area contributed by atoms with Crippen LogP contribution in [0.15, 0.2) is 36.5 Å². The molecular formula is C22H21FN6O. The van der Waals surface area contributed by atoms with Gasteiger partial charge >= 0.3 is 0 Å². The number of halogens is 1. The molecule has 0 fully saturated rings. The molecular weight excluding hydrogens is 383 g/mol. The van der Waals surface area contributed by atoms with Crippen molar-refractivity contribution >= 4 is 29.1 Å². The van der Waals surface area contributed by atoms with Crippen LogP contribution >= 0.6 is 0 Å². The van der Waals surface area contributed by atoms with Gasteiger partial charge in [0.05, 0.1) is 22.9 Å². The fourth-order valence-electron chi connectivity index (χ4n) is 3.52. The molecule has 8 heteroatoms. The van der Waals surface area contributed by atoms with Gasteiger partial charge in [-0.25, -0.2) is 24.3 Å². The van der Waals surface area contributed by atoms with E-state index in [4.69, 9.17) is 0 Å². The maximum atomic E-state index is 14.6. The van der Waals surface area contributed by atoms with Gasteiger partial charge in [-0.3, -0.25) is 4.79 Å². The first-order valence-electron chi connectivity index (χ1n) is 9.58. The van der Waals surface area contributed by atoms with Crippen LogP contribution in [0.2, 0.25) is 0 Å². The smallest absolute Gasteiger partial charge is 0.229 e. The molecule has 30 heavy (non-hydrogen) atoms. The molecule has 0 saturated heterocycles. The molecule has 152 valence electrons. The molecule has 0 unspecified atom stereocenters.